The van der Waals surface area contributed by atoms with E-state index in [-0.39, 0.29) is 11.1 Å². The molecule has 1 aliphatic heterocycles. The SMILES string of the molecule is [CH2]CCCC1CC(C)(C)N(O)C(C)(C)C1. The molecule has 0 aromatic rings. The zero-order valence-electron chi connectivity index (χ0n) is 10.7. The molecule has 89 valence electrons. The van der Waals surface area contributed by atoms with Crippen molar-refractivity contribution in [2.24, 2.45) is 5.92 Å². The summed E-state index contributed by atoms with van der Waals surface area (Å²) in [6.45, 7) is 12.4. The fraction of sp³-hybridized carbons (Fsp3) is 0.923. The highest BCUT2D eigenvalue weighted by Crippen LogP contribution is 2.41. The van der Waals surface area contributed by atoms with Gasteiger partial charge < -0.3 is 5.21 Å². The van der Waals surface area contributed by atoms with Gasteiger partial charge in [-0.15, -0.1) is 0 Å². The van der Waals surface area contributed by atoms with Crippen LogP contribution in [0.2, 0.25) is 0 Å². The summed E-state index contributed by atoms with van der Waals surface area (Å²) in [5.74, 6) is 0.736. The molecule has 0 atom stereocenters. The molecule has 0 saturated carbocycles. The van der Waals surface area contributed by atoms with E-state index in [4.69, 9.17) is 0 Å². The van der Waals surface area contributed by atoms with Gasteiger partial charge in [-0.05, 0) is 46.5 Å². The Morgan fingerprint density at radius 2 is 1.67 bits per heavy atom. The molecule has 0 bridgehead atoms. The molecule has 0 spiro atoms. The molecule has 2 nitrogen and oxygen atoms in total. The molecule has 2 heteroatoms. The Bertz CT molecular complexity index is 193. The van der Waals surface area contributed by atoms with Gasteiger partial charge in [0.15, 0.2) is 0 Å². The monoisotopic (exact) mass is 212 g/mol. The summed E-state index contributed by atoms with van der Waals surface area (Å²) < 4.78 is 0. The van der Waals surface area contributed by atoms with Crippen molar-refractivity contribution < 1.29 is 5.21 Å². The highest BCUT2D eigenvalue weighted by atomic mass is 16.5. The average molecular weight is 212 g/mol. The molecule has 1 rings (SSSR count). The molecule has 1 saturated heterocycles. The van der Waals surface area contributed by atoms with Crippen molar-refractivity contribution in [3.63, 3.8) is 0 Å². The first kappa shape index (κ1) is 13.0. The largest absolute Gasteiger partial charge is 0.313 e. The Morgan fingerprint density at radius 3 is 2.07 bits per heavy atom. The molecule has 0 unspecified atom stereocenters. The van der Waals surface area contributed by atoms with Gasteiger partial charge in [0, 0.05) is 11.1 Å². The third kappa shape index (κ3) is 2.94. The summed E-state index contributed by atoms with van der Waals surface area (Å²) in [6, 6.07) is 0. The molecule has 1 aliphatic rings. The van der Waals surface area contributed by atoms with Crippen LogP contribution in [0.1, 0.15) is 59.8 Å². The van der Waals surface area contributed by atoms with Gasteiger partial charge in [0.05, 0.1) is 0 Å². The summed E-state index contributed by atoms with van der Waals surface area (Å²) in [5, 5.41) is 11.7. The molecule has 1 fully saturated rings. The number of hydroxylamine groups is 2. The molecular formula is C13H26NO. The van der Waals surface area contributed by atoms with Crippen molar-refractivity contribution in [2.75, 3.05) is 0 Å². The van der Waals surface area contributed by atoms with Crippen molar-refractivity contribution in [3.05, 3.63) is 6.92 Å². The standard InChI is InChI=1S/C13H26NO/c1-6-7-8-11-9-12(2,3)14(15)13(4,5)10-11/h11,15H,1,6-10H2,2-5H3. The third-order valence-corrected chi connectivity index (χ3v) is 3.59. The molecule has 0 aliphatic carbocycles. The summed E-state index contributed by atoms with van der Waals surface area (Å²) in [6.07, 6.45) is 5.67. The molecule has 15 heavy (non-hydrogen) atoms. The van der Waals surface area contributed by atoms with Crippen LogP contribution in [-0.4, -0.2) is 21.3 Å². The minimum Gasteiger partial charge on any atom is -0.313 e. The quantitative estimate of drug-likeness (QED) is 0.772. The van der Waals surface area contributed by atoms with Crippen LogP contribution in [0.4, 0.5) is 0 Å². The van der Waals surface area contributed by atoms with Crippen molar-refractivity contribution >= 4 is 0 Å². The fourth-order valence-corrected chi connectivity index (χ4v) is 3.11. The number of hydrogen-bond donors (Lipinski definition) is 1. The van der Waals surface area contributed by atoms with E-state index in [1.807, 2.05) is 0 Å². The van der Waals surface area contributed by atoms with Crippen molar-refractivity contribution in [1.29, 1.82) is 0 Å². The molecule has 1 N–H and O–H groups in total. The summed E-state index contributed by atoms with van der Waals surface area (Å²) in [7, 11) is 0. The highest BCUT2D eigenvalue weighted by Gasteiger charge is 2.44. The average Bonchev–Trinajstić information content (AvgIpc) is 2.10. The van der Waals surface area contributed by atoms with Crippen molar-refractivity contribution in [1.82, 2.24) is 5.06 Å². The van der Waals surface area contributed by atoms with Gasteiger partial charge in [0.1, 0.15) is 0 Å². The lowest BCUT2D eigenvalue weighted by Crippen LogP contribution is -2.58. The van der Waals surface area contributed by atoms with E-state index in [0.717, 1.165) is 25.2 Å². The molecular weight excluding hydrogens is 186 g/mol. The molecule has 1 heterocycles. The van der Waals surface area contributed by atoms with E-state index in [1.54, 1.807) is 5.06 Å². The zero-order chi connectivity index (χ0) is 11.7. The maximum atomic E-state index is 10.1. The number of nitrogens with zero attached hydrogens (tertiary/aromatic N) is 1. The predicted octanol–water partition coefficient (Wildman–Crippen LogP) is 3.65. The Kier molecular flexibility index (Phi) is 3.83. The second kappa shape index (κ2) is 4.42. The van der Waals surface area contributed by atoms with Crippen LogP contribution < -0.4 is 0 Å². The number of unbranched alkanes of at least 4 members (excludes halogenated alkanes) is 1. The van der Waals surface area contributed by atoms with E-state index in [2.05, 4.69) is 34.6 Å². The van der Waals surface area contributed by atoms with Crippen molar-refractivity contribution in [3.8, 4) is 0 Å². The van der Waals surface area contributed by atoms with Gasteiger partial charge in [-0.2, -0.15) is 5.06 Å². The van der Waals surface area contributed by atoms with E-state index in [0.29, 0.717) is 0 Å². The molecule has 1 radical (unpaired) electrons. The number of rotatable bonds is 3. The minimum absolute atomic E-state index is 0.0897. The van der Waals surface area contributed by atoms with Gasteiger partial charge in [0.2, 0.25) is 0 Å². The maximum Gasteiger partial charge on any atom is 0.0413 e. The van der Waals surface area contributed by atoms with Crippen molar-refractivity contribution in [2.45, 2.75) is 70.9 Å². The van der Waals surface area contributed by atoms with Gasteiger partial charge in [-0.1, -0.05) is 26.2 Å². The lowest BCUT2D eigenvalue weighted by atomic mass is 9.73. The van der Waals surface area contributed by atoms with Crippen LogP contribution in [0.3, 0.4) is 0 Å². The fourth-order valence-electron chi connectivity index (χ4n) is 3.11. The minimum atomic E-state index is -0.0897. The van der Waals surface area contributed by atoms with Crippen LogP contribution in [0, 0.1) is 12.8 Å². The maximum absolute atomic E-state index is 10.1. The van der Waals surface area contributed by atoms with Gasteiger partial charge in [-0.3, -0.25) is 0 Å². The van der Waals surface area contributed by atoms with Crippen LogP contribution in [0.5, 0.6) is 0 Å². The van der Waals surface area contributed by atoms with Gasteiger partial charge in [-0.25, -0.2) is 0 Å². The van der Waals surface area contributed by atoms with Crippen LogP contribution in [-0.2, 0) is 0 Å². The van der Waals surface area contributed by atoms with Crippen LogP contribution >= 0.6 is 0 Å². The summed E-state index contributed by atoms with van der Waals surface area (Å²) in [4.78, 5) is 0. The zero-order valence-corrected chi connectivity index (χ0v) is 10.7. The number of piperidine rings is 1. The van der Waals surface area contributed by atoms with Crippen LogP contribution in [0.25, 0.3) is 0 Å². The van der Waals surface area contributed by atoms with E-state index in [1.165, 1.54) is 12.8 Å². The second-order valence-corrected chi connectivity index (χ2v) is 6.21. The van der Waals surface area contributed by atoms with Gasteiger partial charge in [0.25, 0.3) is 0 Å². The second-order valence-electron chi connectivity index (χ2n) is 6.21. The predicted molar refractivity (Wildman–Crippen MR) is 63.7 cm³/mol. The first-order valence-electron chi connectivity index (χ1n) is 6.08. The first-order valence-corrected chi connectivity index (χ1v) is 6.08. The summed E-state index contributed by atoms with van der Waals surface area (Å²) in [5.41, 5.74) is -0.179. The van der Waals surface area contributed by atoms with E-state index in [9.17, 15) is 5.21 Å². The third-order valence-electron chi connectivity index (χ3n) is 3.59. The smallest absolute Gasteiger partial charge is 0.0413 e. The Hall–Kier alpha value is -0.0800. The van der Waals surface area contributed by atoms with E-state index < -0.39 is 0 Å². The van der Waals surface area contributed by atoms with Crippen LogP contribution in [0.15, 0.2) is 0 Å². The Labute approximate surface area is 94.6 Å². The lowest BCUT2D eigenvalue weighted by molar-refractivity contribution is -0.251. The lowest BCUT2D eigenvalue weighted by Gasteiger charge is -2.51. The number of hydrogen-bond acceptors (Lipinski definition) is 2. The molecule has 0 aromatic carbocycles. The summed E-state index contributed by atoms with van der Waals surface area (Å²) >= 11 is 0. The highest BCUT2D eigenvalue weighted by molar-refractivity contribution is 4.95. The Morgan fingerprint density at radius 1 is 1.20 bits per heavy atom. The molecule has 0 amide bonds. The molecule has 0 aromatic heterocycles. The topological polar surface area (TPSA) is 23.5 Å². The normalized spacial score (nSPS) is 26.8. The first-order chi connectivity index (χ1) is 6.79. The van der Waals surface area contributed by atoms with Gasteiger partial charge >= 0.3 is 0 Å². The Balaban J connectivity index is 2.66. The van der Waals surface area contributed by atoms with E-state index >= 15 is 0 Å².